The molecule has 31 heavy (non-hydrogen) atoms. The zero-order valence-electron chi connectivity index (χ0n) is 17.8. The molecule has 2 aliphatic rings. The number of pyridine rings is 1. The van der Waals surface area contributed by atoms with Gasteiger partial charge in [0.15, 0.2) is 5.78 Å². The van der Waals surface area contributed by atoms with E-state index in [1.54, 1.807) is 12.3 Å². The number of fused-ring (bicyclic) bond motifs is 2. The molecular formula is C23H24N4O4. The van der Waals surface area contributed by atoms with Crippen molar-refractivity contribution in [3.63, 3.8) is 0 Å². The van der Waals surface area contributed by atoms with E-state index < -0.39 is 5.60 Å². The van der Waals surface area contributed by atoms with Crippen LogP contribution in [0.5, 0.6) is 11.6 Å². The molecule has 1 amide bonds. The smallest absolute Gasteiger partial charge is 0.253 e. The molecule has 5 rings (SSSR count). The van der Waals surface area contributed by atoms with Crippen molar-refractivity contribution in [2.45, 2.75) is 38.7 Å². The van der Waals surface area contributed by atoms with Gasteiger partial charge in [0.05, 0.1) is 25.2 Å². The summed E-state index contributed by atoms with van der Waals surface area (Å²) in [4.78, 5) is 32.2. The molecule has 1 N–H and O–H groups in total. The molecule has 4 heterocycles. The number of nitrogens with one attached hydrogen (secondary N) is 1. The largest absolute Gasteiger partial charge is 0.486 e. The number of aromatic nitrogens is 3. The number of aromatic amines is 1. The molecule has 0 aliphatic carbocycles. The third kappa shape index (κ3) is 3.22. The molecule has 0 bridgehead atoms. The fourth-order valence-corrected chi connectivity index (χ4v) is 4.69. The molecule has 160 valence electrons. The van der Waals surface area contributed by atoms with E-state index in [0.717, 1.165) is 22.2 Å². The zero-order valence-corrected chi connectivity index (χ0v) is 17.8. The molecule has 0 atom stereocenters. The summed E-state index contributed by atoms with van der Waals surface area (Å²) < 4.78 is 11.7. The molecule has 0 unspecified atom stereocenters. The quantitative estimate of drug-likeness (QED) is 0.684. The summed E-state index contributed by atoms with van der Waals surface area (Å²) in [5.41, 5.74) is 3.15. The maximum absolute atomic E-state index is 13.1. The van der Waals surface area contributed by atoms with Gasteiger partial charge in [0.25, 0.3) is 5.91 Å². The van der Waals surface area contributed by atoms with Crippen molar-refractivity contribution >= 4 is 22.6 Å². The van der Waals surface area contributed by atoms with Gasteiger partial charge in [-0.3, -0.25) is 14.7 Å². The first-order chi connectivity index (χ1) is 14.9. The Morgan fingerprint density at radius 3 is 2.74 bits per heavy atom. The van der Waals surface area contributed by atoms with Crippen LogP contribution < -0.4 is 9.47 Å². The van der Waals surface area contributed by atoms with Crippen LogP contribution >= 0.6 is 0 Å². The van der Waals surface area contributed by atoms with E-state index in [0.29, 0.717) is 48.7 Å². The Hall–Kier alpha value is -3.42. The van der Waals surface area contributed by atoms with Gasteiger partial charge in [-0.1, -0.05) is 0 Å². The lowest BCUT2D eigenvalue weighted by molar-refractivity contribution is -0.00617. The number of piperidine rings is 1. The summed E-state index contributed by atoms with van der Waals surface area (Å²) in [5, 5.41) is 7.95. The summed E-state index contributed by atoms with van der Waals surface area (Å²) in [6, 6.07) is 5.56. The van der Waals surface area contributed by atoms with Gasteiger partial charge in [-0.2, -0.15) is 5.10 Å². The zero-order chi connectivity index (χ0) is 21.8. The molecule has 2 aromatic heterocycles. The maximum atomic E-state index is 13.1. The van der Waals surface area contributed by atoms with Crippen LogP contribution in [0.1, 0.15) is 51.2 Å². The number of rotatable bonds is 2. The van der Waals surface area contributed by atoms with Crippen LogP contribution in [0.15, 0.2) is 24.4 Å². The van der Waals surface area contributed by atoms with Crippen LogP contribution in [0.3, 0.4) is 0 Å². The maximum Gasteiger partial charge on any atom is 0.253 e. The molecule has 1 fully saturated rings. The number of amides is 1. The highest BCUT2D eigenvalue weighted by atomic mass is 16.5. The minimum atomic E-state index is -0.593. The van der Waals surface area contributed by atoms with Gasteiger partial charge in [0, 0.05) is 48.6 Å². The van der Waals surface area contributed by atoms with Crippen molar-refractivity contribution in [3.8, 4) is 11.6 Å². The van der Waals surface area contributed by atoms with Gasteiger partial charge in [0.1, 0.15) is 16.9 Å². The number of hydrogen-bond donors (Lipinski definition) is 1. The highest BCUT2D eigenvalue weighted by Crippen LogP contribution is 2.42. The van der Waals surface area contributed by atoms with Crippen molar-refractivity contribution in [2.75, 3.05) is 20.2 Å². The van der Waals surface area contributed by atoms with Crippen molar-refractivity contribution < 1.29 is 19.1 Å². The van der Waals surface area contributed by atoms with Crippen LogP contribution in [-0.4, -0.2) is 57.6 Å². The van der Waals surface area contributed by atoms with E-state index in [-0.39, 0.29) is 18.1 Å². The fraction of sp³-hybridized carbons (Fsp3) is 0.391. The number of ether oxygens (including phenoxy) is 2. The number of methoxy groups -OCH3 is 1. The average molecular weight is 420 g/mol. The van der Waals surface area contributed by atoms with Crippen LogP contribution in [0.25, 0.3) is 10.9 Å². The molecule has 8 nitrogen and oxygen atoms in total. The van der Waals surface area contributed by atoms with E-state index in [1.807, 2.05) is 30.9 Å². The highest BCUT2D eigenvalue weighted by molar-refractivity contribution is 6.02. The van der Waals surface area contributed by atoms with E-state index in [2.05, 4.69) is 15.2 Å². The SMILES string of the molecule is COc1nc(C)cc2c1C(=O)CC1(CCN(C(=O)c3cc(C)c4[nH]ncc4c3)CC1)O2. The first kappa shape index (κ1) is 19.5. The number of carbonyl (C=O) groups is 2. The topological polar surface area (TPSA) is 97.4 Å². The Labute approximate surface area is 179 Å². The Morgan fingerprint density at radius 2 is 2.00 bits per heavy atom. The Bertz CT molecular complexity index is 1210. The number of nitrogens with zero attached hydrogens (tertiary/aromatic N) is 3. The lowest BCUT2D eigenvalue weighted by Gasteiger charge is -2.44. The van der Waals surface area contributed by atoms with Crippen molar-refractivity contribution in [1.29, 1.82) is 0 Å². The lowest BCUT2D eigenvalue weighted by atomic mass is 9.82. The summed E-state index contributed by atoms with van der Waals surface area (Å²) >= 11 is 0. The number of ketones is 1. The van der Waals surface area contributed by atoms with E-state index >= 15 is 0 Å². The second kappa shape index (κ2) is 7.08. The van der Waals surface area contributed by atoms with Crippen LogP contribution in [0.4, 0.5) is 0 Å². The Balaban J connectivity index is 1.36. The average Bonchev–Trinajstić information content (AvgIpc) is 3.22. The summed E-state index contributed by atoms with van der Waals surface area (Å²) in [5.74, 6) is 0.811. The third-order valence-corrected chi connectivity index (χ3v) is 6.31. The Morgan fingerprint density at radius 1 is 1.23 bits per heavy atom. The monoisotopic (exact) mass is 420 g/mol. The summed E-state index contributed by atoms with van der Waals surface area (Å²) in [6.07, 6.45) is 3.19. The highest BCUT2D eigenvalue weighted by Gasteiger charge is 2.45. The molecule has 0 radical (unpaired) electrons. The normalized spacial score (nSPS) is 17.5. The number of carbonyl (C=O) groups excluding carboxylic acids is 2. The molecular weight excluding hydrogens is 396 g/mol. The number of H-pyrrole nitrogens is 1. The van der Waals surface area contributed by atoms with Crippen molar-refractivity contribution in [1.82, 2.24) is 20.1 Å². The molecule has 1 saturated heterocycles. The standard InChI is InChI=1S/C23H24N4O4/c1-13-8-15(10-16-12-24-26-20(13)16)22(29)27-6-4-23(5-7-27)11-17(28)19-18(31-23)9-14(2)25-21(19)30-3/h8-10,12H,4-7,11H2,1-3H3,(H,24,26). The molecule has 0 saturated carbocycles. The van der Waals surface area contributed by atoms with Crippen LogP contribution in [-0.2, 0) is 0 Å². The number of Topliss-reactive ketones (excluding diaryl/α,β-unsaturated/α-hetero) is 1. The molecule has 3 aromatic rings. The predicted octanol–water partition coefficient (Wildman–Crippen LogP) is 3.22. The minimum Gasteiger partial charge on any atom is -0.486 e. The first-order valence-corrected chi connectivity index (χ1v) is 10.4. The molecule has 2 aliphatic heterocycles. The van der Waals surface area contributed by atoms with Crippen molar-refractivity contribution in [2.24, 2.45) is 0 Å². The van der Waals surface area contributed by atoms with Gasteiger partial charge in [-0.05, 0) is 31.5 Å². The third-order valence-electron chi connectivity index (χ3n) is 6.31. The van der Waals surface area contributed by atoms with E-state index in [9.17, 15) is 9.59 Å². The van der Waals surface area contributed by atoms with E-state index in [1.165, 1.54) is 7.11 Å². The van der Waals surface area contributed by atoms with Crippen molar-refractivity contribution in [3.05, 3.63) is 46.8 Å². The van der Waals surface area contributed by atoms with Crippen LogP contribution in [0.2, 0.25) is 0 Å². The molecule has 8 heteroatoms. The second-order valence-corrected chi connectivity index (χ2v) is 8.45. The number of aryl methyl sites for hydroxylation is 2. The molecule has 1 spiro atoms. The number of likely N-dealkylation sites (tertiary alicyclic amines) is 1. The van der Waals surface area contributed by atoms with Gasteiger partial charge in [-0.15, -0.1) is 0 Å². The second-order valence-electron chi connectivity index (χ2n) is 8.45. The van der Waals surface area contributed by atoms with E-state index in [4.69, 9.17) is 9.47 Å². The minimum absolute atomic E-state index is 0.00898. The lowest BCUT2D eigenvalue weighted by Crippen LogP contribution is -2.52. The molecule has 1 aromatic carbocycles. The summed E-state index contributed by atoms with van der Waals surface area (Å²) in [7, 11) is 1.51. The first-order valence-electron chi connectivity index (χ1n) is 10.4. The Kier molecular flexibility index (Phi) is 4.46. The fourth-order valence-electron chi connectivity index (χ4n) is 4.69. The van der Waals surface area contributed by atoms with Crippen LogP contribution in [0, 0.1) is 13.8 Å². The van der Waals surface area contributed by atoms with Gasteiger partial charge in [0.2, 0.25) is 5.88 Å². The van der Waals surface area contributed by atoms with Gasteiger partial charge in [-0.25, -0.2) is 4.98 Å². The van der Waals surface area contributed by atoms with Gasteiger partial charge >= 0.3 is 0 Å². The van der Waals surface area contributed by atoms with Gasteiger partial charge < -0.3 is 14.4 Å². The number of benzene rings is 1. The predicted molar refractivity (Wildman–Crippen MR) is 114 cm³/mol. The number of hydrogen-bond acceptors (Lipinski definition) is 6. The summed E-state index contributed by atoms with van der Waals surface area (Å²) in [6.45, 7) is 4.88.